The summed E-state index contributed by atoms with van der Waals surface area (Å²) in [6.45, 7) is 0.175. The van der Waals surface area contributed by atoms with Crippen molar-refractivity contribution < 1.29 is 22.7 Å². The van der Waals surface area contributed by atoms with E-state index in [9.17, 15) is 13.2 Å². The third-order valence-electron chi connectivity index (χ3n) is 4.35. The van der Waals surface area contributed by atoms with Gasteiger partial charge in [-0.2, -0.15) is 0 Å². The van der Waals surface area contributed by atoms with Crippen LogP contribution in [0.3, 0.4) is 0 Å². The lowest BCUT2D eigenvalue weighted by atomic mass is 10.2. The fraction of sp³-hybridized carbons (Fsp3) is 0.190. The molecule has 7 nitrogen and oxygen atoms in total. The number of anilines is 1. The molecule has 0 radical (unpaired) electrons. The summed E-state index contributed by atoms with van der Waals surface area (Å²) in [6, 6.07) is 17.2. The Morgan fingerprint density at radius 2 is 1.80 bits per heavy atom. The van der Waals surface area contributed by atoms with Gasteiger partial charge >= 0.3 is 0 Å². The van der Waals surface area contributed by atoms with Gasteiger partial charge < -0.3 is 14.8 Å². The van der Waals surface area contributed by atoms with Crippen molar-refractivity contribution in [2.24, 2.45) is 0 Å². The minimum atomic E-state index is -3.59. The molecule has 9 heteroatoms. The molecule has 158 valence electrons. The lowest BCUT2D eigenvalue weighted by Crippen LogP contribution is -2.28. The summed E-state index contributed by atoms with van der Waals surface area (Å²) in [4.78, 5) is 12.1. The number of amides is 1. The molecule has 30 heavy (non-hydrogen) atoms. The highest BCUT2D eigenvalue weighted by molar-refractivity contribution is 7.94. The monoisotopic (exact) mass is 446 g/mol. The summed E-state index contributed by atoms with van der Waals surface area (Å²) in [7, 11) is -0.514. The first-order valence-corrected chi connectivity index (χ1v) is 11.4. The van der Waals surface area contributed by atoms with Crippen molar-refractivity contribution in [3.8, 4) is 11.5 Å². The van der Waals surface area contributed by atoms with E-state index in [0.717, 1.165) is 5.56 Å². The number of methoxy groups -OCH3 is 1. The third-order valence-corrected chi connectivity index (χ3v) is 7.51. The summed E-state index contributed by atoms with van der Waals surface area (Å²) in [5, 5.41) is 4.50. The molecule has 1 N–H and O–H groups in total. The molecule has 3 rings (SSSR count). The Bertz CT molecular complexity index is 1080. The second kappa shape index (κ2) is 9.64. The topological polar surface area (TPSA) is 84.9 Å². The third kappa shape index (κ3) is 5.11. The van der Waals surface area contributed by atoms with Gasteiger partial charge in [-0.3, -0.25) is 9.10 Å². The zero-order valence-corrected chi connectivity index (χ0v) is 18.2. The number of thiophene rings is 1. The van der Waals surface area contributed by atoms with E-state index in [1.807, 2.05) is 24.3 Å². The molecule has 0 bridgehead atoms. The lowest BCUT2D eigenvalue weighted by Gasteiger charge is -2.18. The number of rotatable bonds is 9. The van der Waals surface area contributed by atoms with Crippen LogP contribution in [0.5, 0.6) is 11.5 Å². The molecule has 0 aliphatic rings. The number of nitrogens with one attached hydrogen (secondary N) is 1. The fourth-order valence-corrected chi connectivity index (χ4v) is 5.04. The van der Waals surface area contributed by atoms with Gasteiger partial charge in [0.15, 0.2) is 6.61 Å². The molecule has 0 aliphatic heterocycles. The van der Waals surface area contributed by atoms with Crippen LogP contribution >= 0.6 is 11.3 Å². The largest absolute Gasteiger partial charge is 0.496 e. The number of benzene rings is 2. The number of nitrogens with zero attached hydrogens (tertiary/aromatic N) is 1. The van der Waals surface area contributed by atoms with E-state index in [0.29, 0.717) is 23.7 Å². The van der Waals surface area contributed by atoms with Crippen LogP contribution in [0, 0.1) is 0 Å². The second-order valence-electron chi connectivity index (χ2n) is 6.28. The van der Waals surface area contributed by atoms with Gasteiger partial charge in [-0.1, -0.05) is 24.3 Å². The maximum Gasteiger partial charge on any atom is 0.273 e. The summed E-state index contributed by atoms with van der Waals surface area (Å²) in [5.41, 5.74) is 1.36. The minimum absolute atomic E-state index is 0.155. The van der Waals surface area contributed by atoms with E-state index >= 15 is 0 Å². The average Bonchev–Trinajstić information content (AvgIpc) is 3.32. The Hall–Kier alpha value is -3.04. The Balaban J connectivity index is 1.54. The van der Waals surface area contributed by atoms with Crippen molar-refractivity contribution in [1.29, 1.82) is 0 Å². The van der Waals surface area contributed by atoms with Gasteiger partial charge in [0.1, 0.15) is 15.7 Å². The van der Waals surface area contributed by atoms with E-state index in [1.165, 1.54) is 22.7 Å². The first kappa shape index (κ1) is 21.7. The van der Waals surface area contributed by atoms with E-state index in [2.05, 4.69) is 5.32 Å². The molecule has 0 fully saturated rings. The van der Waals surface area contributed by atoms with Crippen molar-refractivity contribution in [1.82, 2.24) is 5.32 Å². The quantitative estimate of drug-likeness (QED) is 0.545. The van der Waals surface area contributed by atoms with Gasteiger partial charge in [-0.05, 0) is 41.8 Å². The van der Waals surface area contributed by atoms with Gasteiger partial charge in [-0.25, -0.2) is 8.42 Å². The Morgan fingerprint density at radius 1 is 1.07 bits per heavy atom. The number of hydrogen-bond donors (Lipinski definition) is 1. The van der Waals surface area contributed by atoms with Crippen LogP contribution in [-0.2, 0) is 21.4 Å². The standard InChI is InChI=1S/C21H22N2O5S2/c1-23(30(25,26)21-8-5-13-29-21)17-9-11-18(12-10-17)28-15-20(24)22-14-16-6-3-4-7-19(16)27-2/h3-13H,14-15H2,1-2H3,(H,22,24). The van der Waals surface area contributed by atoms with Crippen molar-refractivity contribution in [3.05, 3.63) is 71.6 Å². The van der Waals surface area contributed by atoms with E-state index in [4.69, 9.17) is 9.47 Å². The number of hydrogen-bond acceptors (Lipinski definition) is 6. The molecule has 1 heterocycles. The number of ether oxygens (including phenoxy) is 2. The number of para-hydroxylation sites is 1. The van der Waals surface area contributed by atoms with Gasteiger partial charge in [0.2, 0.25) is 0 Å². The van der Waals surface area contributed by atoms with Crippen molar-refractivity contribution in [2.75, 3.05) is 25.1 Å². The van der Waals surface area contributed by atoms with Gasteiger partial charge in [0.25, 0.3) is 15.9 Å². The van der Waals surface area contributed by atoms with Crippen LogP contribution in [0.1, 0.15) is 5.56 Å². The zero-order valence-electron chi connectivity index (χ0n) is 16.6. The van der Waals surface area contributed by atoms with Crippen LogP contribution in [0.2, 0.25) is 0 Å². The maximum absolute atomic E-state index is 12.6. The zero-order chi connectivity index (χ0) is 21.6. The van der Waals surface area contributed by atoms with Crippen molar-refractivity contribution in [2.45, 2.75) is 10.8 Å². The summed E-state index contributed by atoms with van der Waals surface area (Å²) < 4.78 is 37.4. The molecule has 0 atom stereocenters. The number of carbonyl (C=O) groups is 1. The maximum atomic E-state index is 12.6. The Morgan fingerprint density at radius 3 is 2.47 bits per heavy atom. The van der Waals surface area contributed by atoms with Crippen molar-refractivity contribution >= 4 is 33.0 Å². The SMILES string of the molecule is COc1ccccc1CNC(=O)COc1ccc(N(C)S(=O)(=O)c2cccs2)cc1. The van der Waals surface area contributed by atoms with Crippen LogP contribution in [0.15, 0.2) is 70.3 Å². The fourth-order valence-electron chi connectivity index (χ4n) is 2.68. The predicted molar refractivity (Wildman–Crippen MR) is 117 cm³/mol. The lowest BCUT2D eigenvalue weighted by molar-refractivity contribution is -0.123. The first-order valence-electron chi connectivity index (χ1n) is 9.05. The second-order valence-corrected chi connectivity index (χ2v) is 9.42. The van der Waals surface area contributed by atoms with E-state index in [1.54, 1.807) is 48.9 Å². The van der Waals surface area contributed by atoms with E-state index in [-0.39, 0.29) is 16.7 Å². The molecule has 3 aromatic rings. The average molecular weight is 447 g/mol. The van der Waals surface area contributed by atoms with Crippen LogP contribution in [0.4, 0.5) is 5.69 Å². The molecular weight excluding hydrogens is 424 g/mol. The Kier molecular flexibility index (Phi) is 6.96. The summed E-state index contributed by atoms with van der Waals surface area (Å²) in [5.74, 6) is 0.895. The summed E-state index contributed by atoms with van der Waals surface area (Å²) in [6.07, 6.45) is 0. The smallest absolute Gasteiger partial charge is 0.273 e. The minimum Gasteiger partial charge on any atom is -0.496 e. The van der Waals surface area contributed by atoms with Crippen LogP contribution in [0.25, 0.3) is 0 Å². The molecule has 0 saturated heterocycles. The summed E-state index contributed by atoms with van der Waals surface area (Å²) >= 11 is 1.17. The molecule has 1 amide bonds. The van der Waals surface area contributed by atoms with Crippen molar-refractivity contribution in [3.63, 3.8) is 0 Å². The highest BCUT2D eigenvalue weighted by Gasteiger charge is 2.22. The molecule has 0 spiro atoms. The molecule has 2 aromatic carbocycles. The number of carbonyl (C=O) groups excluding carboxylic acids is 1. The first-order chi connectivity index (χ1) is 14.4. The normalized spacial score (nSPS) is 11.0. The molecule has 0 aliphatic carbocycles. The highest BCUT2D eigenvalue weighted by atomic mass is 32.2. The molecule has 1 aromatic heterocycles. The Labute approximate surface area is 179 Å². The number of sulfonamides is 1. The molecular formula is C21H22N2O5S2. The molecule has 0 saturated carbocycles. The highest BCUT2D eigenvalue weighted by Crippen LogP contribution is 2.26. The van der Waals surface area contributed by atoms with Gasteiger partial charge in [-0.15, -0.1) is 11.3 Å². The van der Waals surface area contributed by atoms with Gasteiger partial charge in [0.05, 0.1) is 12.8 Å². The molecule has 0 unspecified atom stereocenters. The van der Waals surface area contributed by atoms with Crippen LogP contribution < -0.4 is 19.1 Å². The van der Waals surface area contributed by atoms with Crippen LogP contribution in [-0.4, -0.2) is 35.1 Å². The predicted octanol–water partition coefficient (Wildman–Crippen LogP) is 3.28. The van der Waals surface area contributed by atoms with E-state index < -0.39 is 10.0 Å². The van der Waals surface area contributed by atoms with Gasteiger partial charge in [0, 0.05) is 19.2 Å².